The van der Waals surface area contributed by atoms with Crippen molar-refractivity contribution in [3.05, 3.63) is 41.9 Å². The smallest absolute Gasteiger partial charge is 0.121 e. The normalized spacial score (nSPS) is 12.8. The molecular formula is C15H23N3O. The van der Waals surface area contributed by atoms with E-state index in [1.54, 1.807) is 0 Å². The van der Waals surface area contributed by atoms with E-state index in [-0.39, 0.29) is 6.04 Å². The van der Waals surface area contributed by atoms with E-state index in [0.29, 0.717) is 0 Å². The topological polar surface area (TPSA) is 43.0 Å². The number of hydrogen-bond donors (Lipinski definition) is 1. The molecule has 19 heavy (non-hydrogen) atoms. The van der Waals surface area contributed by atoms with Gasteiger partial charge < -0.3 is 14.3 Å². The van der Waals surface area contributed by atoms with Gasteiger partial charge in [0, 0.05) is 25.9 Å². The van der Waals surface area contributed by atoms with Gasteiger partial charge in [-0.2, -0.15) is 0 Å². The lowest BCUT2D eigenvalue weighted by Gasteiger charge is -2.16. The molecule has 1 atom stereocenters. The van der Waals surface area contributed by atoms with E-state index >= 15 is 0 Å². The van der Waals surface area contributed by atoms with Gasteiger partial charge in [-0.15, -0.1) is 0 Å². The first-order chi connectivity index (χ1) is 9.20. The lowest BCUT2D eigenvalue weighted by Crippen LogP contribution is -2.22. The van der Waals surface area contributed by atoms with Crippen LogP contribution in [0.15, 0.2) is 28.9 Å². The Balaban J connectivity index is 1.99. The van der Waals surface area contributed by atoms with E-state index in [1.165, 1.54) is 0 Å². The van der Waals surface area contributed by atoms with Crippen LogP contribution in [-0.2, 0) is 13.5 Å². The van der Waals surface area contributed by atoms with Gasteiger partial charge in [0.15, 0.2) is 0 Å². The Hall–Kier alpha value is -1.55. The summed E-state index contributed by atoms with van der Waals surface area (Å²) < 4.78 is 7.83. The third kappa shape index (κ3) is 3.70. The summed E-state index contributed by atoms with van der Waals surface area (Å²) in [6.07, 6.45) is 6.91. The van der Waals surface area contributed by atoms with Crippen LogP contribution in [0.3, 0.4) is 0 Å². The third-order valence-electron chi connectivity index (χ3n) is 3.32. The highest BCUT2D eigenvalue weighted by molar-refractivity contribution is 5.10. The van der Waals surface area contributed by atoms with Crippen LogP contribution in [0.4, 0.5) is 0 Å². The molecular weight excluding hydrogens is 238 g/mol. The van der Waals surface area contributed by atoms with E-state index in [4.69, 9.17) is 4.42 Å². The molecule has 0 aliphatic rings. The Morgan fingerprint density at radius 2 is 2.26 bits per heavy atom. The zero-order valence-electron chi connectivity index (χ0n) is 12.0. The lowest BCUT2D eigenvalue weighted by molar-refractivity contribution is 0.383. The highest BCUT2D eigenvalue weighted by Gasteiger charge is 2.15. The highest BCUT2D eigenvalue weighted by Crippen LogP contribution is 2.21. The van der Waals surface area contributed by atoms with Crippen molar-refractivity contribution in [2.24, 2.45) is 7.05 Å². The van der Waals surface area contributed by atoms with Crippen molar-refractivity contribution in [2.75, 3.05) is 6.54 Å². The number of nitrogens with zero attached hydrogens (tertiary/aromatic N) is 2. The predicted molar refractivity (Wildman–Crippen MR) is 76.0 cm³/mol. The summed E-state index contributed by atoms with van der Waals surface area (Å²) in [6, 6.07) is 4.36. The molecule has 0 amide bonds. The van der Waals surface area contributed by atoms with Crippen LogP contribution in [0.5, 0.6) is 0 Å². The van der Waals surface area contributed by atoms with Crippen LogP contribution in [0.25, 0.3) is 0 Å². The van der Waals surface area contributed by atoms with E-state index in [1.807, 2.05) is 32.4 Å². The summed E-state index contributed by atoms with van der Waals surface area (Å²) >= 11 is 0. The molecule has 4 heteroatoms. The molecule has 2 rings (SSSR count). The molecule has 2 heterocycles. The number of aromatic nitrogens is 2. The summed E-state index contributed by atoms with van der Waals surface area (Å²) in [4.78, 5) is 4.37. The number of imidazole rings is 1. The van der Waals surface area contributed by atoms with Gasteiger partial charge in [0.25, 0.3) is 0 Å². The maximum absolute atomic E-state index is 5.75. The second kappa shape index (κ2) is 6.57. The second-order valence-corrected chi connectivity index (χ2v) is 4.95. The molecule has 0 fully saturated rings. The number of rotatable bonds is 7. The van der Waals surface area contributed by atoms with Gasteiger partial charge in [-0.3, -0.25) is 0 Å². The zero-order chi connectivity index (χ0) is 13.7. The van der Waals surface area contributed by atoms with Gasteiger partial charge in [-0.25, -0.2) is 4.98 Å². The van der Waals surface area contributed by atoms with Crippen molar-refractivity contribution in [3.63, 3.8) is 0 Å². The predicted octanol–water partition coefficient (Wildman–Crippen LogP) is 3.00. The van der Waals surface area contributed by atoms with E-state index in [9.17, 15) is 0 Å². The molecule has 1 unspecified atom stereocenters. The molecule has 0 radical (unpaired) electrons. The molecule has 2 aromatic rings. The van der Waals surface area contributed by atoms with Crippen LogP contribution in [0, 0.1) is 6.92 Å². The van der Waals surface area contributed by atoms with Gasteiger partial charge >= 0.3 is 0 Å². The summed E-state index contributed by atoms with van der Waals surface area (Å²) in [6.45, 7) is 5.17. The number of nitrogens with one attached hydrogen (secondary N) is 1. The third-order valence-corrected chi connectivity index (χ3v) is 3.32. The first kappa shape index (κ1) is 13.9. The average Bonchev–Trinajstić information content (AvgIpc) is 2.99. The Labute approximate surface area is 114 Å². The minimum atomic E-state index is 0.269. The standard InChI is InChI=1S/C15H23N3O/c1-4-9-16-13(14-7-5-12(2)19-14)6-8-15-17-10-11-18(15)3/h5,7,10-11,13,16H,4,6,8-9H2,1-3H3. The summed E-state index contributed by atoms with van der Waals surface area (Å²) in [5.41, 5.74) is 0. The zero-order valence-corrected chi connectivity index (χ0v) is 12.0. The molecule has 104 valence electrons. The summed E-state index contributed by atoms with van der Waals surface area (Å²) in [5.74, 6) is 3.11. The Kier molecular flexibility index (Phi) is 4.80. The molecule has 0 aromatic carbocycles. The van der Waals surface area contributed by atoms with Crippen molar-refractivity contribution in [3.8, 4) is 0 Å². The van der Waals surface area contributed by atoms with Crippen molar-refractivity contribution in [2.45, 2.75) is 39.2 Å². The molecule has 4 nitrogen and oxygen atoms in total. The second-order valence-electron chi connectivity index (χ2n) is 4.95. The molecule has 1 N–H and O–H groups in total. The highest BCUT2D eigenvalue weighted by atomic mass is 16.3. The minimum absolute atomic E-state index is 0.269. The first-order valence-corrected chi connectivity index (χ1v) is 6.96. The summed E-state index contributed by atoms with van der Waals surface area (Å²) in [5, 5.41) is 3.55. The monoisotopic (exact) mass is 261 g/mol. The fourth-order valence-corrected chi connectivity index (χ4v) is 2.22. The van der Waals surface area contributed by atoms with Crippen molar-refractivity contribution in [1.29, 1.82) is 0 Å². The molecule has 0 aliphatic carbocycles. The SMILES string of the molecule is CCCNC(CCc1nccn1C)c1ccc(C)o1. The number of hydrogen-bond acceptors (Lipinski definition) is 3. The maximum Gasteiger partial charge on any atom is 0.121 e. The maximum atomic E-state index is 5.75. The molecule has 2 aromatic heterocycles. The van der Waals surface area contributed by atoms with Crippen LogP contribution in [-0.4, -0.2) is 16.1 Å². The van der Waals surface area contributed by atoms with Crippen molar-refractivity contribution < 1.29 is 4.42 Å². The molecule has 0 bridgehead atoms. The van der Waals surface area contributed by atoms with E-state index in [2.05, 4.69) is 27.9 Å². The molecule has 0 aliphatic heterocycles. The molecule has 0 spiro atoms. The van der Waals surface area contributed by atoms with Gasteiger partial charge in [-0.1, -0.05) is 6.92 Å². The van der Waals surface area contributed by atoms with Gasteiger partial charge in [0.2, 0.25) is 0 Å². The Morgan fingerprint density at radius 1 is 1.42 bits per heavy atom. The van der Waals surface area contributed by atoms with Crippen LogP contribution >= 0.6 is 0 Å². The number of aryl methyl sites for hydroxylation is 3. The average molecular weight is 261 g/mol. The molecule has 0 saturated carbocycles. The van der Waals surface area contributed by atoms with Crippen LogP contribution < -0.4 is 5.32 Å². The van der Waals surface area contributed by atoms with E-state index in [0.717, 1.165) is 43.2 Å². The number of furan rings is 1. The van der Waals surface area contributed by atoms with Crippen molar-refractivity contribution in [1.82, 2.24) is 14.9 Å². The Bertz CT molecular complexity index is 501. The fourth-order valence-electron chi connectivity index (χ4n) is 2.22. The van der Waals surface area contributed by atoms with Crippen LogP contribution in [0.1, 0.15) is 43.2 Å². The minimum Gasteiger partial charge on any atom is -0.465 e. The van der Waals surface area contributed by atoms with Crippen molar-refractivity contribution >= 4 is 0 Å². The fraction of sp³-hybridized carbons (Fsp3) is 0.533. The van der Waals surface area contributed by atoms with E-state index < -0.39 is 0 Å². The Morgan fingerprint density at radius 3 is 2.84 bits per heavy atom. The summed E-state index contributed by atoms with van der Waals surface area (Å²) in [7, 11) is 2.04. The first-order valence-electron chi connectivity index (χ1n) is 6.96. The molecule has 0 saturated heterocycles. The van der Waals surface area contributed by atoms with Gasteiger partial charge in [0.05, 0.1) is 6.04 Å². The van der Waals surface area contributed by atoms with Gasteiger partial charge in [0.1, 0.15) is 17.3 Å². The van der Waals surface area contributed by atoms with Crippen LogP contribution in [0.2, 0.25) is 0 Å². The van der Waals surface area contributed by atoms with Gasteiger partial charge in [-0.05, 0) is 38.4 Å². The lowest BCUT2D eigenvalue weighted by atomic mass is 10.1. The quantitative estimate of drug-likeness (QED) is 0.833. The largest absolute Gasteiger partial charge is 0.465 e.